The zero-order chi connectivity index (χ0) is 15.5. The van der Waals surface area contributed by atoms with Crippen molar-refractivity contribution < 1.29 is 9.18 Å². The van der Waals surface area contributed by atoms with Gasteiger partial charge in [0.15, 0.2) is 0 Å². The van der Waals surface area contributed by atoms with Crippen LogP contribution in [0.5, 0.6) is 0 Å². The van der Waals surface area contributed by atoms with Crippen LogP contribution in [0.1, 0.15) is 22.4 Å². The normalized spacial score (nSPS) is 13.7. The van der Waals surface area contributed by atoms with Gasteiger partial charge in [0.2, 0.25) is 5.91 Å². The van der Waals surface area contributed by atoms with Gasteiger partial charge in [0.1, 0.15) is 5.82 Å². The van der Waals surface area contributed by atoms with E-state index in [0.29, 0.717) is 25.8 Å². The first-order valence-corrected chi connectivity index (χ1v) is 8.84. The topological polar surface area (TPSA) is 41.1 Å². The summed E-state index contributed by atoms with van der Waals surface area (Å²) in [5.41, 5.74) is 1.99. The summed E-state index contributed by atoms with van der Waals surface area (Å²) in [5, 5.41) is 7.90. The minimum Gasteiger partial charge on any atom is -0.324 e. The number of carbonyl (C=O) groups excluding carboxylic acids is 1. The molecule has 0 fully saturated rings. The molecule has 1 aromatic heterocycles. The molecule has 22 heavy (non-hydrogen) atoms. The van der Waals surface area contributed by atoms with Crippen molar-refractivity contribution in [3.63, 3.8) is 0 Å². The Kier molecular flexibility index (Phi) is 4.90. The van der Waals surface area contributed by atoms with Crippen LogP contribution in [0.4, 0.5) is 10.1 Å². The molecule has 2 N–H and O–H groups in total. The van der Waals surface area contributed by atoms with Crippen LogP contribution in [0.2, 0.25) is 0 Å². The Balaban J connectivity index is 1.64. The van der Waals surface area contributed by atoms with Gasteiger partial charge in [-0.25, -0.2) is 4.39 Å². The zero-order valence-electron chi connectivity index (χ0n) is 11.9. The number of aryl methyl sites for hydroxylation is 1. The van der Waals surface area contributed by atoms with E-state index in [4.69, 9.17) is 0 Å². The Labute approximate surface area is 141 Å². The summed E-state index contributed by atoms with van der Waals surface area (Å²) in [7, 11) is 0. The molecule has 0 atom stereocenters. The molecule has 0 bridgehead atoms. The minimum atomic E-state index is -0.286. The first-order chi connectivity index (χ1) is 10.6. The van der Waals surface area contributed by atoms with Crippen LogP contribution in [-0.2, 0) is 24.2 Å². The molecule has 1 aliphatic rings. The van der Waals surface area contributed by atoms with Gasteiger partial charge in [0.05, 0.1) is 5.69 Å². The highest BCUT2D eigenvalue weighted by atomic mass is 79.9. The van der Waals surface area contributed by atoms with Crippen molar-refractivity contribution in [2.75, 3.05) is 11.9 Å². The highest BCUT2D eigenvalue weighted by Gasteiger charge is 2.17. The average Bonchev–Trinajstić information content (AvgIpc) is 2.94. The number of hydrogen-bond donors (Lipinski definition) is 2. The van der Waals surface area contributed by atoms with Gasteiger partial charge in [-0.3, -0.25) is 4.79 Å². The van der Waals surface area contributed by atoms with Crippen LogP contribution in [0, 0.1) is 5.82 Å². The van der Waals surface area contributed by atoms with E-state index in [1.807, 2.05) is 17.5 Å². The Morgan fingerprint density at radius 3 is 3.09 bits per heavy atom. The van der Waals surface area contributed by atoms with Gasteiger partial charge >= 0.3 is 0 Å². The van der Waals surface area contributed by atoms with E-state index in [-0.39, 0.29) is 17.4 Å². The summed E-state index contributed by atoms with van der Waals surface area (Å²) in [6.45, 7) is 1.46. The second-order valence-corrected chi connectivity index (χ2v) is 7.18. The number of amides is 1. The van der Waals surface area contributed by atoms with Gasteiger partial charge in [-0.2, -0.15) is 0 Å². The lowest BCUT2D eigenvalue weighted by Gasteiger charge is -2.19. The number of fused-ring (bicyclic) bond motifs is 1. The van der Waals surface area contributed by atoms with E-state index in [2.05, 4.69) is 26.6 Å². The van der Waals surface area contributed by atoms with E-state index in [9.17, 15) is 9.18 Å². The summed E-state index contributed by atoms with van der Waals surface area (Å²) in [4.78, 5) is 13.2. The highest BCUT2D eigenvalue weighted by molar-refractivity contribution is 9.10. The van der Waals surface area contributed by atoms with E-state index in [1.54, 1.807) is 17.4 Å². The predicted octanol–water partition coefficient (Wildman–Crippen LogP) is 3.87. The third kappa shape index (κ3) is 3.56. The molecule has 0 spiro atoms. The Bertz CT molecular complexity index is 701. The molecular weight excluding hydrogens is 367 g/mol. The third-order valence-corrected chi connectivity index (χ3v) is 5.46. The SMILES string of the molecule is O=C(CCc1cc(Br)cs1)Nc1ccc2c(c1F)CCNC2. The Hall–Kier alpha value is -1.24. The molecule has 0 radical (unpaired) electrons. The van der Waals surface area contributed by atoms with Gasteiger partial charge in [-0.1, -0.05) is 6.07 Å². The van der Waals surface area contributed by atoms with Crippen molar-refractivity contribution in [1.82, 2.24) is 5.32 Å². The smallest absolute Gasteiger partial charge is 0.224 e. The molecule has 6 heteroatoms. The fourth-order valence-corrected chi connectivity index (χ4v) is 4.02. The monoisotopic (exact) mass is 382 g/mol. The molecule has 0 unspecified atom stereocenters. The number of anilines is 1. The second kappa shape index (κ2) is 6.89. The zero-order valence-corrected chi connectivity index (χ0v) is 14.3. The van der Waals surface area contributed by atoms with Crippen molar-refractivity contribution >= 4 is 38.9 Å². The van der Waals surface area contributed by atoms with E-state index >= 15 is 0 Å². The maximum atomic E-state index is 14.4. The van der Waals surface area contributed by atoms with Gasteiger partial charge in [0, 0.05) is 27.7 Å². The molecule has 1 amide bonds. The number of carbonyl (C=O) groups is 1. The lowest BCUT2D eigenvalue weighted by molar-refractivity contribution is -0.116. The molecule has 1 aromatic carbocycles. The van der Waals surface area contributed by atoms with E-state index < -0.39 is 0 Å². The van der Waals surface area contributed by atoms with Crippen molar-refractivity contribution in [1.29, 1.82) is 0 Å². The average molecular weight is 383 g/mol. The molecular formula is C16H16BrFN2OS. The lowest BCUT2D eigenvalue weighted by atomic mass is 9.99. The summed E-state index contributed by atoms with van der Waals surface area (Å²) < 4.78 is 15.5. The molecule has 0 saturated carbocycles. The van der Waals surface area contributed by atoms with Crippen molar-refractivity contribution in [2.24, 2.45) is 0 Å². The van der Waals surface area contributed by atoms with Crippen molar-refractivity contribution in [3.05, 3.63) is 49.9 Å². The number of rotatable bonds is 4. The maximum absolute atomic E-state index is 14.4. The molecule has 2 heterocycles. The molecule has 1 aliphatic heterocycles. The quantitative estimate of drug-likeness (QED) is 0.842. The molecule has 0 saturated heterocycles. The number of benzene rings is 1. The van der Waals surface area contributed by atoms with Gasteiger partial charge in [0.25, 0.3) is 0 Å². The van der Waals surface area contributed by atoms with Crippen molar-refractivity contribution in [2.45, 2.75) is 25.8 Å². The highest BCUT2D eigenvalue weighted by Crippen LogP contribution is 2.25. The molecule has 3 rings (SSSR count). The summed E-state index contributed by atoms with van der Waals surface area (Å²) in [6.07, 6.45) is 1.68. The third-order valence-electron chi connectivity index (χ3n) is 3.70. The minimum absolute atomic E-state index is 0.155. The van der Waals surface area contributed by atoms with Gasteiger partial charge < -0.3 is 10.6 Å². The molecule has 2 aromatic rings. The van der Waals surface area contributed by atoms with Crippen LogP contribution >= 0.6 is 27.3 Å². The summed E-state index contributed by atoms with van der Waals surface area (Å²) in [5.74, 6) is -0.441. The summed E-state index contributed by atoms with van der Waals surface area (Å²) in [6, 6.07) is 5.54. The van der Waals surface area contributed by atoms with Crippen LogP contribution in [-0.4, -0.2) is 12.5 Å². The predicted molar refractivity (Wildman–Crippen MR) is 90.8 cm³/mol. The van der Waals surface area contributed by atoms with E-state index in [0.717, 1.165) is 27.0 Å². The molecule has 116 valence electrons. The fraction of sp³-hybridized carbons (Fsp3) is 0.312. The van der Waals surface area contributed by atoms with Crippen LogP contribution < -0.4 is 10.6 Å². The Morgan fingerprint density at radius 2 is 2.32 bits per heavy atom. The van der Waals surface area contributed by atoms with E-state index in [1.165, 1.54) is 0 Å². The van der Waals surface area contributed by atoms with Crippen molar-refractivity contribution in [3.8, 4) is 0 Å². The fourth-order valence-electron chi connectivity index (χ4n) is 2.56. The van der Waals surface area contributed by atoms with Crippen LogP contribution in [0.3, 0.4) is 0 Å². The number of hydrogen-bond acceptors (Lipinski definition) is 3. The molecule has 0 aliphatic carbocycles. The number of thiophene rings is 1. The summed E-state index contributed by atoms with van der Waals surface area (Å²) >= 11 is 5.00. The van der Waals surface area contributed by atoms with Gasteiger partial charge in [-0.15, -0.1) is 11.3 Å². The Morgan fingerprint density at radius 1 is 1.45 bits per heavy atom. The lowest BCUT2D eigenvalue weighted by Crippen LogP contribution is -2.25. The first kappa shape index (κ1) is 15.6. The van der Waals surface area contributed by atoms with Crippen LogP contribution in [0.25, 0.3) is 0 Å². The van der Waals surface area contributed by atoms with Gasteiger partial charge in [-0.05, 0) is 58.6 Å². The largest absolute Gasteiger partial charge is 0.324 e. The van der Waals surface area contributed by atoms with Crippen LogP contribution in [0.15, 0.2) is 28.1 Å². The molecule has 3 nitrogen and oxygen atoms in total. The maximum Gasteiger partial charge on any atom is 0.224 e. The number of nitrogens with one attached hydrogen (secondary N) is 2. The standard InChI is InChI=1S/C16H16BrFN2OS/c17-11-7-12(22-9-11)2-4-15(21)20-14-3-1-10-8-19-6-5-13(10)16(14)18/h1,3,7,9,19H,2,4-6,8H2,(H,20,21). The number of halogens is 2. The second-order valence-electron chi connectivity index (χ2n) is 5.27. The first-order valence-electron chi connectivity index (χ1n) is 7.17.